The predicted octanol–water partition coefficient (Wildman–Crippen LogP) is 2.84. The molecule has 0 radical (unpaired) electrons. The van der Waals surface area contributed by atoms with Crippen molar-refractivity contribution in [2.45, 2.75) is 45.8 Å². The van der Waals surface area contributed by atoms with Gasteiger partial charge >= 0.3 is 6.03 Å². The molecule has 0 aliphatic rings. The Hall–Kier alpha value is -1.55. The molecule has 0 saturated carbocycles. The number of benzene rings is 1. The molecule has 1 rings (SSSR count). The first kappa shape index (κ1) is 16.5. The molecule has 1 aromatic carbocycles. The minimum atomic E-state index is -0.393. The minimum Gasteiger partial charge on any atom is -0.393 e. The number of hydrogen-bond acceptors (Lipinski definition) is 2. The Labute approximate surface area is 121 Å². The maximum absolute atomic E-state index is 11.9. The van der Waals surface area contributed by atoms with Crippen LogP contribution in [0.1, 0.15) is 45.2 Å². The molecule has 2 atom stereocenters. The van der Waals surface area contributed by atoms with Gasteiger partial charge in [-0.1, -0.05) is 44.2 Å². The Morgan fingerprint density at radius 3 is 2.40 bits per heavy atom. The standard InChI is InChI=1S/C16H26N2O2/c1-12(2)11-15(14-7-5-4-6-8-14)18-16(20)17-10-9-13(3)19/h4-8,12-13,15,19H,9-11H2,1-3H3,(H2,17,18,20). The van der Waals surface area contributed by atoms with E-state index in [4.69, 9.17) is 0 Å². The molecule has 20 heavy (non-hydrogen) atoms. The SMILES string of the molecule is CC(C)CC(NC(=O)NCCC(C)O)c1ccccc1. The topological polar surface area (TPSA) is 61.4 Å². The maximum Gasteiger partial charge on any atom is 0.315 e. The molecule has 0 spiro atoms. The quantitative estimate of drug-likeness (QED) is 0.718. The molecule has 0 saturated heterocycles. The molecule has 0 fully saturated rings. The van der Waals surface area contributed by atoms with Gasteiger partial charge in [0.25, 0.3) is 0 Å². The van der Waals surface area contributed by atoms with Gasteiger partial charge in [0.1, 0.15) is 0 Å². The summed E-state index contributed by atoms with van der Waals surface area (Å²) >= 11 is 0. The van der Waals surface area contributed by atoms with Crippen molar-refractivity contribution in [2.75, 3.05) is 6.54 Å². The Bertz CT molecular complexity index is 391. The smallest absolute Gasteiger partial charge is 0.315 e. The highest BCUT2D eigenvalue weighted by molar-refractivity contribution is 5.74. The van der Waals surface area contributed by atoms with Crippen molar-refractivity contribution in [1.82, 2.24) is 10.6 Å². The summed E-state index contributed by atoms with van der Waals surface area (Å²) in [4.78, 5) is 11.9. The summed E-state index contributed by atoms with van der Waals surface area (Å²) < 4.78 is 0. The summed E-state index contributed by atoms with van der Waals surface area (Å²) in [5.41, 5.74) is 1.12. The zero-order valence-corrected chi connectivity index (χ0v) is 12.6. The number of rotatable bonds is 7. The molecule has 0 aliphatic heterocycles. The Balaban J connectivity index is 2.55. The normalized spacial score (nSPS) is 13.8. The predicted molar refractivity (Wildman–Crippen MR) is 81.5 cm³/mol. The fourth-order valence-corrected chi connectivity index (χ4v) is 2.04. The van der Waals surface area contributed by atoms with Gasteiger partial charge in [-0.25, -0.2) is 4.79 Å². The van der Waals surface area contributed by atoms with Gasteiger partial charge in [-0.15, -0.1) is 0 Å². The fraction of sp³-hybridized carbons (Fsp3) is 0.562. The van der Waals surface area contributed by atoms with Crippen LogP contribution < -0.4 is 10.6 Å². The van der Waals surface area contributed by atoms with Crippen LogP contribution in [-0.4, -0.2) is 23.8 Å². The monoisotopic (exact) mass is 278 g/mol. The van der Waals surface area contributed by atoms with Crippen LogP contribution in [0.5, 0.6) is 0 Å². The second kappa shape index (κ2) is 8.59. The summed E-state index contributed by atoms with van der Waals surface area (Å²) in [6, 6.07) is 9.83. The largest absolute Gasteiger partial charge is 0.393 e. The molecule has 4 heteroatoms. The van der Waals surface area contributed by atoms with Gasteiger partial charge in [-0.3, -0.25) is 0 Å². The zero-order valence-electron chi connectivity index (χ0n) is 12.6. The first-order chi connectivity index (χ1) is 9.49. The van der Waals surface area contributed by atoms with Gasteiger partial charge in [0.05, 0.1) is 12.1 Å². The molecule has 3 N–H and O–H groups in total. The second-order valence-corrected chi connectivity index (χ2v) is 5.63. The van der Waals surface area contributed by atoms with Gasteiger partial charge in [-0.05, 0) is 31.2 Å². The maximum atomic E-state index is 11.9. The van der Waals surface area contributed by atoms with E-state index in [1.165, 1.54) is 0 Å². The van der Waals surface area contributed by atoms with Crippen molar-refractivity contribution in [3.05, 3.63) is 35.9 Å². The van der Waals surface area contributed by atoms with Crippen molar-refractivity contribution < 1.29 is 9.90 Å². The lowest BCUT2D eigenvalue weighted by Crippen LogP contribution is -2.39. The number of nitrogens with one attached hydrogen (secondary N) is 2. The van der Waals surface area contributed by atoms with E-state index in [2.05, 4.69) is 24.5 Å². The number of aliphatic hydroxyl groups excluding tert-OH is 1. The number of amides is 2. The van der Waals surface area contributed by atoms with Crippen molar-refractivity contribution in [2.24, 2.45) is 5.92 Å². The molecule has 0 bridgehead atoms. The lowest BCUT2D eigenvalue weighted by molar-refractivity contribution is 0.183. The van der Waals surface area contributed by atoms with Crippen LogP contribution in [0, 0.1) is 5.92 Å². The highest BCUT2D eigenvalue weighted by Crippen LogP contribution is 2.20. The number of carbonyl (C=O) groups excluding carboxylic acids is 1. The number of urea groups is 1. The van der Waals surface area contributed by atoms with Crippen LogP contribution in [0.15, 0.2) is 30.3 Å². The number of hydrogen-bond donors (Lipinski definition) is 3. The molecule has 2 amide bonds. The lowest BCUT2D eigenvalue weighted by atomic mass is 9.97. The third kappa shape index (κ3) is 6.57. The van der Waals surface area contributed by atoms with Crippen LogP contribution in [0.4, 0.5) is 4.79 Å². The van der Waals surface area contributed by atoms with E-state index in [9.17, 15) is 9.90 Å². The van der Waals surface area contributed by atoms with Gasteiger partial charge < -0.3 is 15.7 Å². The van der Waals surface area contributed by atoms with E-state index in [-0.39, 0.29) is 12.1 Å². The highest BCUT2D eigenvalue weighted by atomic mass is 16.3. The molecular weight excluding hydrogens is 252 g/mol. The summed E-state index contributed by atoms with van der Waals surface area (Å²) in [7, 11) is 0. The molecular formula is C16H26N2O2. The summed E-state index contributed by atoms with van der Waals surface area (Å²) in [6.45, 7) is 6.48. The molecule has 2 unspecified atom stereocenters. The van der Waals surface area contributed by atoms with Crippen molar-refractivity contribution in [1.29, 1.82) is 0 Å². The lowest BCUT2D eigenvalue weighted by Gasteiger charge is -2.21. The van der Waals surface area contributed by atoms with E-state index in [0.717, 1.165) is 12.0 Å². The molecule has 1 aromatic rings. The first-order valence-electron chi connectivity index (χ1n) is 7.26. The van der Waals surface area contributed by atoms with Crippen molar-refractivity contribution in [3.8, 4) is 0 Å². The molecule has 112 valence electrons. The van der Waals surface area contributed by atoms with Crippen LogP contribution in [0.25, 0.3) is 0 Å². The average Bonchev–Trinajstić information content (AvgIpc) is 2.38. The van der Waals surface area contributed by atoms with Crippen LogP contribution in [0.3, 0.4) is 0 Å². The summed E-state index contributed by atoms with van der Waals surface area (Å²) in [5.74, 6) is 0.498. The number of aliphatic hydroxyl groups is 1. The van der Waals surface area contributed by atoms with E-state index < -0.39 is 6.10 Å². The van der Waals surface area contributed by atoms with Crippen LogP contribution in [0.2, 0.25) is 0 Å². The summed E-state index contributed by atoms with van der Waals surface area (Å²) in [5, 5.41) is 15.0. The van der Waals surface area contributed by atoms with Crippen LogP contribution in [-0.2, 0) is 0 Å². The van der Waals surface area contributed by atoms with Gasteiger partial charge in [0, 0.05) is 6.54 Å². The second-order valence-electron chi connectivity index (χ2n) is 5.63. The first-order valence-corrected chi connectivity index (χ1v) is 7.26. The number of carbonyl (C=O) groups is 1. The van der Waals surface area contributed by atoms with E-state index in [1.54, 1.807) is 6.92 Å². The molecule has 0 aliphatic carbocycles. The van der Waals surface area contributed by atoms with Gasteiger partial charge in [0.15, 0.2) is 0 Å². The average molecular weight is 278 g/mol. The fourth-order valence-electron chi connectivity index (χ4n) is 2.04. The highest BCUT2D eigenvalue weighted by Gasteiger charge is 2.15. The van der Waals surface area contributed by atoms with Gasteiger partial charge in [-0.2, -0.15) is 0 Å². The molecule has 4 nitrogen and oxygen atoms in total. The van der Waals surface area contributed by atoms with E-state index >= 15 is 0 Å². The van der Waals surface area contributed by atoms with Gasteiger partial charge in [0.2, 0.25) is 0 Å². The van der Waals surface area contributed by atoms with Crippen molar-refractivity contribution >= 4 is 6.03 Å². The third-order valence-electron chi connectivity index (χ3n) is 3.06. The Morgan fingerprint density at radius 2 is 1.85 bits per heavy atom. The molecule has 0 heterocycles. The summed E-state index contributed by atoms with van der Waals surface area (Å²) in [6.07, 6.45) is 1.07. The van der Waals surface area contributed by atoms with E-state index in [1.807, 2.05) is 30.3 Å². The minimum absolute atomic E-state index is 0.0164. The van der Waals surface area contributed by atoms with Crippen molar-refractivity contribution in [3.63, 3.8) is 0 Å². The zero-order chi connectivity index (χ0) is 15.0. The molecule has 0 aromatic heterocycles. The van der Waals surface area contributed by atoms with Crippen LogP contribution >= 0.6 is 0 Å². The van der Waals surface area contributed by atoms with E-state index in [0.29, 0.717) is 18.9 Å². The Kier molecular flexibility index (Phi) is 7.09. The Morgan fingerprint density at radius 1 is 1.20 bits per heavy atom. The third-order valence-corrected chi connectivity index (χ3v) is 3.06.